The van der Waals surface area contributed by atoms with Crippen LogP contribution < -0.4 is 4.72 Å². The third kappa shape index (κ3) is 2.55. The van der Waals surface area contributed by atoms with Crippen LogP contribution in [0.5, 0.6) is 0 Å². The zero-order valence-corrected chi connectivity index (χ0v) is 8.96. The molecule has 1 saturated heterocycles. The molecule has 0 unspecified atom stereocenters. The molecule has 2 N–H and O–H groups in total. The van der Waals surface area contributed by atoms with Crippen LogP contribution in [0.4, 0.5) is 0 Å². The number of rotatable bonds is 3. The first-order valence-electron chi connectivity index (χ1n) is 4.77. The van der Waals surface area contributed by atoms with Crippen molar-refractivity contribution in [1.82, 2.24) is 14.9 Å². The monoisotopic (exact) mass is 231 g/mol. The number of aromatic nitrogens is 2. The molecular weight excluding hydrogens is 218 g/mol. The predicted octanol–water partition coefficient (Wildman–Crippen LogP) is -0.133. The topological polar surface area (TPSA) is 84.1 Å². The minimum Gasteiger partial charge on any atom is -0.381 e. The van der Waals surface area contributed by atoms with Gasteiger partial charge in [-0.3, -0.25) is 5.10 Å². The van der Waals surface area contributed by atoms with Gasteiger partial charge in [0.15, 0.2) is 0 Å². The summed E-state index contributed by atoms with van der Waals surface area (Å²) >= 11 is 0. The maximum Gasteiger partial charge on any atom is 0.243 e. The third-order valence-corrected chi connectivity index (χ3v) is 3.81. The first kappa shape index (κ1) is 10.6. The average molecular weight is 231 g/mol. The summed E-state index contributed by atoms with van der Waals surface area (Å²) in [5, 5.41) is 6.09. The van der Waals surface area contributed by atoms with Crippen molar-refractivity contribution in [3.63, 3.8) is 0 Å². The van der Waals surface area contributed by atoms with E-state index >= 15 is 0 Å². The highest BCUT2D eigenvalue weighted by Gasteiger charge is 2.22. The number of hydrogen-bond acceptors (Lipinski definition) is 4. The van der Waals surface area contributed by atoms with E-state index in [0.29, 0.717) is 13.2 Å². The second kappa shape index (κ2) is 4.30. The minimum absolute atomic E-state index is 0.0290. The number of hydrogen-bond donors (Lipinski definition) is 2. The molecule has 1 aromatic rings. The first-order valence-corrected chi connectivity index (χ1v) is 6.26. The van der Waals surface area contributed by atoms with Gasteiger partial charge in [-0.15, -0.1) is 0 Å². The summed E-state index contributed by atoms with van der Waals surface area (Å²) in [6.07, 6.45) is 4.09. The van der Waals surface area contributed by atoms with Gasteiger partial charge in [0.05, 0.1) is 6.20 Å². The Balaban J connectivity index is 2.04. The van der Waals surface area contributed by atoms with Gasteiger partial charge >= 0.3 is 0 Å². The Morgan fingerprint density at radius 1 is 1.47 bits per heavy atom. The summed E-state index contributed by atoms with van der Waals surface area (Å²) in [5.74, 6) is 0. The van der Waals surface area contributed by atoms with E-state index in [9.17, 15) is 8.42 Å². The SMILES string of the molecule is O=S(=O)(NC1CCOCC1)c1cn[nH]c1. The largest absolute Gasteiger partial charge is 0.381 e. The Kier molecular flexibility index (Phi) is 3.03. The van der Waals surface area contributed by atoms with Crippen molar-refractivity contribution in [3.8, 4) is 0 Å². The molecule has 0 spiro atoms. The Hall–Kier alpha value is -0.920. The van der Waals surface area contributed by atoms with Crippen molar-refractivity contribution in [2.45, 2.75) is 23.8 Å². The smallest absolute Gasteiger partial charge is 0.243 e. The normalized spacial score (nSPS) is 19.2. The van der Waals surface area contributed by atoms with Gasteiger partial charge in [0, 0.05) is 25.5 Å². The van der Waals surface area contributed by atoms with Gasteiger partial charge < -0.3 is 4.74 Å². The van der Waals surface area contributed by atoms with Crippen LogP contribution in [0, 0.1) is 0 Å². The van der Waals surface area contributed by atoms with Gasteiger partial charge in [-0.25, -0.2) is 13.1 Å². The molecule has 2 heterocycles. The molecule has 0 amide bonds. The second-order valence-electron chi connectivity index (χ2n) is 3.44. The van der Waals surface area contributed by atoms with E-state index in [-0.39, 0.29) is 10.9 Å². The first-order chi connectivity index (χ1) is 7.18. The molecule has 2 rings (SSSR count). The molecule has 15 heavy (non-hydrogen) atoms. The molecule has 1 aromatic heterocycles. The highest BCUT2D eigenvalue weighted by molar-refractivity contribution is 7.89. The fraction of sp³-hybridized carbons (Fsp3) is 0.625. The zero-order valence-electron chi connectivity index (χ0n) is 8.14. The molecule has 1 fully saturated rings. The van der Waals surface area contributed by atoms with Crippen molar-refractivity contribution < 1.29 is 13.2 Å². The molecule has 7 heteroatoms. The van der Waals surface area contributed by atoms with Crippen LogP contribution in [0.2, 0.25) is 0 Å². The lowest BCUT2D eigenvalue weighted by atomic mass is 10.1. The van der Waals surface area contributed by atoms with Crippen molar-refractivity contribution in [3.05, 3.63) is 12.4 Å². The number of nitrogens with zero attached hydrogens (tertiary/aromatic N) is 1. The Morgan fingerprint density at radius 2 is 2.20 bits per heavy atom. The third-order valence-electron chi connectivity index (χ3n) is 2.33. The van der Waals surface area contributed by atoms with E-state index < -0.39 is 10.0 Å². The fourth-order valence-corrected chi connectivity index (χ4v) is 2.70. The van der Waals surface area contributed by atoms with Gasteiger partial charge in [-0.1, -0.05) is 0 Å². The summed E-state index contributed by atoms with van der Waals surface area (Å²) in [4.78, 5) is 0.175. The molecule has 0 radical (unpaired) electrons. The molecule has 0 atom stereocenters. The van der Waals surface area contributed by atoms with Crippen molar-refractivity contribution in [2.75, 3.05) is 13.2 Å². The van der Waals surface area contributed by atoms with Crippen LogP contribution >= 0.6 is 0 Å². The number of sulfonamides is 1. The Labute approximate surface area is 88.1 Å². The summed E-state index contributed by atoms with van der Waals surface area (Å²) in [6, 6.07) is -0.0290. The highest BCUT2D eigenvalue weighted by Crippen LogP contribution is 2.11. The highest BCUT2D eigenvalue weighted by atomic mass is 32.2. The van der Waals surface area contributed by atoms with E-state index in [0.717, 1.165) is 12.8 Å². The summed E-state index contributed by atoms with van der Waals surface area (Å²) < 4.78 is 31.3. The van der Waals surface area contributed by atoms with Crippen LogP contribution in [0.15, 0.2) is 17.3 Å². The van der Waals surface area contributed by atoms with Crippen molar-refractivity contribution in [1.29, 1.82) is 0 Å². The molecule has 1 aliphatic heterocycles. The molecule has 0 aliphatic carbocycles. The van der Waals surface area contributed by atoms with E-state index in [4.69, 9.17) is 4.74 Å². The van der Waals surface area contributed by atoms with Gasteiger partial charge in [0.1, 0.15) is 4.90 Å². The van der Waals surface area contributed by atoms with Crippen LogP contribution in [-0.4, -0.2) is 37.9 Å². The molecule has 0 aromatic carbocycles. The average Bonchev–Trinajstić information content (AvgIpc) is 2.71. The maximum atomic E-state index is 11.7. The summed E-state index contributed by atoms with van der Waals surface area (Å²) in [5.41, 5.74) is 0. The van der Waals surface area contributed by atoms with Gasteiger partial charge in [-0.05, 0) is 12.8 Å². The van der Waals surface area contributed by atoms with Crippen LogP contribution in [0.25, 0.3) is 0 Å². The lowest BCUT2D eigenvalue weighted by molar-refractivity contribution is 0.0832. The van der Waals surface area contributed by atoms with Gasteiger partial charge in [0.25, 0.3) is 0 Å². The molecule has 0 bridgehead atoms. The number of ether oxygens (including phenoxy) is 1. The second-order valence-corrected chi connectivity index (χ2v) is 5.16. The maximum absolute atomic E-state index is 11.7. The molecule has 0 saturated carbocycles. The molecular formula is C8H13N3O3S. The molecule has 84 valence electrons. The van der Waals surface area contributed by atoms with E-state index in [1.54, 1.807) is 0 Å². The van der Waals surface area contributed by atoms with Crippen LogP contribution in [0.3, 0.4) is 0 Å². The quantitative estimate of drug-likeness (QED) is 0.758. The van der Waals surface area contributed by atoms with Crippen LogP contribution in [0.1, 0.15) is 12.8 Å². The zero-order chi connectivity index (χ0) is 10.7. The van der Waals surface area contributed by atoms with Crippen molar-refractivity contribution >= 4 is 10.0 Å². The summed E-state index contributed by atoms with van der Waals surface area (Å²) in [7, 11) is -3.42. The standard InChI is InChI=1S/C8H13N3O3S/c12-15(13,8-5-9-10-6-8)11-7-1-3-14-4-2-7/h5-7,11H,1-4H2,(H,9,10). The Bertz CT molecular complexity index is 395. The molecule has 6 nitrogen and oxygen atoms in total. The van der Waals surface area contributed by atoms with E-state index in [2.05, 4.69) is 14.9 Å². The van der Waals surface area contributed by atoms with Gasteiger partial charge in [-0.2, -0.15) is 5.10 Å². The number of aromatic amines is 1. The van der Waals surface area contributed by atoms with E-state index in [1.807, 2.05) is 0 Å². The van der Waals surface area contributed by atoms with Crippen LogP contribution in [-0.2, 0) is 14.8 Å². The van der Waals surface area contributed by atoms with Gasteiger partial charge in [0.2, 0.25) is 10.0 Å². The fourth-order valence-electron chi connectivity index (χ4n) is 1.49. The van der Waals surface area contributed by atoms with E-state index in [1.165, 1.54) is 12.4 Å². The molecule has 1 aliphatic rings. The number of nitrogens with one attached hydrogen (secondary N) is 2. The lowest BCUT2D eigenvalue weighted by Crippen LogP contribution is -2.38. The number of H-pyrrole nitrogens is 1. The summed E-state index contributed by atoms with van der Waals surface area (Å²) in [6.45, 7) is 1.22. The van der Waals surface area contributed by atoms with Crippen molar-refractivity contribution in [2.24, 2.45) is 0 Å². The lowest BCUT2D eigenvalue weighted by Gasteiger charge is -2.22. The minimum atomic E-state index is -3.42. The Morgan fingerprint density at radius 3 is 2.80 bits per heavy atom. The predicted molar refractivity (Wildman–Crippen MR) is 52.8 cm³/mol.